The van der Waals surface area contributed by atoms with E-state index in [0.717, 1.165) is 23.6 Å². The van der Waals surface area contributed by atoms with E-state index in [9.17, 15) is 14.7 Å². The summed E-state index contributed by atoms with van der Waals surface area (Å²) >= 11 is 6.14. The second-order valence-corrected chi connectivity index (χ2v) is 8.38. The van der Waals surface area contributed by atoms with Crippen LogP contribution in [-0.4, -0.2) is 29.1 Å². The molecule has 0 aromatic heterocycles. The molecule has 0 aliphatic carbocycles. The van der Waals surface area contributed by atoms with E-state index in [1.807, 2.05) is 36.4 Å². The fourth-order valence-corrected chi connectivity index (χ4v) is 3.69. The number of carbonyl (C=O) groups excluding carboxylic acids is 2. The minimum absolute atomic E-state index is 0.184. The second kappa shape index (κ2) is 9.94. The smallest absolute Gasteiger partial charge is 0.256 e. The average Bonchev–Trinajstić information content (AvgIpc) is 2.78. The summed E-state index contributed by atoms with van der Waals surface area (Å²) in [5, 5.41) is 17.7. The van der Waals surface area contributed by atoms with Crippen LogP contribution in [0.25, 0.3) is 10.8 Å². The third-order valence-electron chi connectivity index (χ3n) is 5.36. The molecule has 1 atom stereocenters. The number of aliphatic hydroxyl groups is 1. The minimum atomic E-state index is -0.758. The van der Waals surface area contributed by atoms with Crippen LogP contribution in [0.5, 0.6) is 0 Å². The second-order valence-electron chi connectivity index (χ2n) is 7.95. The molecular weight excluding hydrogens is 412 g/mol. The van der Waals surface area contributed by atoms with Crippen LogP contribution in [0, 0.1) is 0 Å². The summed E-state index contributed by atoms with van der Waals surface area (Å²) in [6.07, 6.45) is 2.47. The maximum absolute atomic E-state index is 13.1. The van der Waals surface area contributed by atoms with Gasteiger partial charge in [0.05, 0.1) is 23.4 Å². The highest BCUT2D eigenvalue weighted by atomic mass is 35.5. The minimum Gasteiger partial charge on any atom is -0.394 e. The molecule has 2 amide bonds. The molecule has 3 aromatic carbocycles. The Hall–Kier alpha value is -2.89. The van der Waals surface area contributed by atoms with Gasteiger partial charge in [0, 0.05) is 10.6 Å². The van der Waals surface area contributed by atoms with Crippen LogP contribution in [0.4, 0.5) is 5.69 Å². The van der Waals surface area contributed by atoms with Gasteiger partial charge in [-0.2, -0.15) is 0 Å². The number of amides is 2. The van der Waals surface area contributed by atoms with E-state index in [0.29, 0.717) is 22.7 Å². The lowest BCUT2D eigenvalue weighted by Crippen LogP contribution is -2.49. The molecule has 6 heteroatoms. The zero-order valence-electron chi connectivity index (χ0n) is 17.7. The number of benzene rings is 3. The fraction of sp³-hybridized carbons (Fsp3) is 0.280. The maximum atomic E-state index is 13.1. The number of anilines is 1. The Kier molecular flexibility index (Phi) is 7.31. The highest BCUT2D eigenvalue weighted by Gasteiger charge is 2.27. The highest BCUT2D eigenvalue weighted by Crippen LogP contribution is 2.25. The van der Waals surface area contributed by atoms with Crippen LogP contribution in [0.1, 0.15) is 53.8 Å². The van der Waals surface area contributed by atoms with Crippen molar-refractivity contribution in [2.75, 3.05) is 11.9 Å². The largest absolute Gasteiger partial charge is 0.394 e. The Morgan fingerprint density at radius 2 is 1.74 bits per heavy atom. The van der Waals surface area contributed by atoms with E-state index in [1.165, 1.54) is 6.07 Å². The summed E-state index contributed by atoms with van der Waals surface area (Å²) in [7, 11) is 0. The standard InChI is InChI=1S/C25H27ClN2O3/c1-3-4-14-25(2,16-29)28-24(31)21-15-18(26)12-13-22(21)27-23(30)20-11-7-9-17-8-5-6-10-19(17)20/h5-13,15,29H,3-4,14,16H2,1-2H3,(H,27,30)(H,28,31). The molecule has 0 saturated heterocycles. The molecule has 5 nitrogen and oxygen atoms in total. The van der Waals surface area contributed by atoms with E-state index < -0.39 is 11.4 Å². The Morgan fingerprint density at radius 3 is 2.48 bits per heavy atom. The van der Waals surface area contributed by atoms with E-state index in [4.69, 9.17) is 11.6 Å². The van der Waals surface area contributed by atoms with E-state index in [1.54, 1.807) is 25.1 Å². The Labute approximate surface area is 187 Å². The number of hydrogen-bond donors (Lipinski definition) is 3. The molecule has 162 valence electrons. The van der Waals surface area contributed by atoms with Crippen molar-refractivity contribution in [3.8, 4) is 0 Å². The number of unbranched alkanes of at least 4 members (excludes halogenated alkanes) is 1. The van der Waals surface area contributed by atoms with Crippen molar-refractivity contribution in [3.05, 3.63) is 76.8 Å². The van der Waals surface area contributed by atoms with Crippen LogP contribution < -0.4 is 10.6 Å². The molecule has 0 radical (unpaired) electrons. The topological polar surface area (TPSA) is 78.4 Å². The number of aliphatic hydroxyl groups excluding tert-OH is 1. The maximum Gasteiger partial charge on any atom is 0.256 e. The van der Waals surface area contributed by atoms with Crippen LogP contribution in [-0.2, 0) is 0 Å². The SMILES string of the molecule is CCCCC(C)(CO)NC(=O)c1cc(Cl)ccc1NC(=O)c1cccc2ccccc12. The predicted molar refractivity (Wildman–Crippen MR) is 126 cm³/mol. The molecule has 0 saturated carbocycles. The molecule has 0 spiro atoms. The average molecular weight is 439 g/mol. The van der Waals surface area contributed by atoms with Crippen molar-refractivity contribution < 1.29 is 14.7 Å². The molecule has 1 unspecified atom stereocenters. The lowest BCUT2D eigenvalue weighted by molar-refractivity contribution is 0.0840. The molecular formula is C25H27ClN2O3. The van der Waals surface area contributed by atoms with Gasteiger partial charge in [-0.05, 0) is 48.4 Å². The first kappa shape index (κ1) is 22.8. The van der Waals surface area contributed by atoms with Gasteiger partial charge >= 0.3 is 0 Å². The summed E-state index contributed by atoms with van der Waals surface area (Å²) in [6, 6.07) is 17.9. The first-order chi connectivity index (χ1) is 14.9. The third-order valence-corrected chi connectivity index (χ3v) is 5.59. The monoisotopic (exact) mass is 438 g/mol. The summed E-state index contributed by atoms with van der Waals surface area (Å²) in [5.41, 5.74) is 0.363. The van der Waals surface area contributed by atoms with Crippen molar-refractivity contribution in [3.63, 3.8) is 0 Å². The lowest BCUT2D eigenvalue weighted by atomic mass is 9.95. The predicted octanol–water partition coefficient (Wildman–Crippen LogP) is 5.42. The van der Waals surface area contributed by atoms with Gasteiger partial charge in [0.1, 0.15) is 0 Å². The van der Waals surface area contributed by atoms with Gasteiger partial charge in [-0.3, -0.25) is 9.59 Å². The number of carbonyl (C=O) groups is 2. The highest BCUT2D eigenvalue weighted by molar-refractivity contribution is 6.31. The van der Waals surface area contributed by atoms with Crippen molar-refractivity contribution in [2.24, 2.45) is 0 Å². The zero-order valence-corrected chi connectivity index (χ0v) is 18.5. The van der Waals surface area contributed by atoms with Crippen molar-refractivity contribution >= 4 is 39.9 Å². The van der Waals surface area contributed by atoms with Crippen molar-refractivity contribution in [1.82, 2.24) is 5.32 Å². The van der Waals surface area contributed by atoms with Crippen LogP contribution in [0.15, 0.2) is 60.7 Å². The van der Waals surface area contributed by atoms with Gasteiger partial charge in [-0.25, -0.2) is 0 Å². The normalized spacial score (nSPS) is 12.9. The number of halogens is 1. The van der Waals surface area contributed by atoms with E-state index in [2.05, 4.69) is 17.6 Å². The van der Waals surface area contributed by atoms with Gasteiger partial charge < -0.3 is 15.7 Å². The number of nitrogens with one attached hydrogen (secondary N) is 2. The van der Waals surface area contributed by atoms with Crippen LogP contribution >= 0.6 is 11.6 Å². The first-order valence-electron chi connectivity index (χ1n) is 10.4. The first-order valence-corrected chi connectivity index (χ1v) is 10.8. The van der Waals surface area contributed by atoms with Gasteiger partial charge in [0.25, 0.3) is 11.8 Å². The van der Waals surface area contributed by atoms with Gasteiger partial charge in [-0.1, -0.05) is 67.8 Å². The van der Waals surface area contributed by atoms with Gasteiger partial charge in [0.2, 0.25) is 0 Å². The molecule has 0 heterocycles. The summed E-state index contributed by atoms with van der Waals surface area (Å²) in [5.74, 6) is -0.715. The fourth-order valence-electron chi connectivity index (χ4n) is 3.52. The Balaban J connectivity index is 1.89. The number of hydrogen-bond acceptors (Lipinski definition) is 3. The zero-order chi connectivity index (χ0) is 22.4. The Bertz CT molecular complexity index is 1090. The summed E-state index contributed by atoms with van der Waals surface area (Å²) < 4.78 is 0. The summed E-state index contributed by atoms with van der Waals surface area (Å²) in [4.78, 5) is 26.1. The van der Waals surface area contributed by atoms with Gasteiger partial charge in [0.15, 0.2) is 0 Å². The molecule has 0 aliphatic heterocycles. The molecule has 3 rings (SSSR count). The lowest BCUT2D eigenvalue weighted by Gasteiger charge is -2.29. The van der Waals surface area contributed by atoms with Gasteiger partial charge in [-0.15, -0.1) is 0 Å². The van der Waals surface area contributed by atoms with Crippen molar-refractivity contribution in [1.29, 1.82) is 0 Å². The third kappa shape index (κ3) is 5.43. The molecule has 0 bridgehead atoms. The van der Waals surface area contributed by atoms with Crippen LogP contribution in [0.3, 0.4) is 0 Å². The molecule has 3 N–H and O–H groups in total. The van der Waals surface area contributed by atoms with E-state index >= 15 is 0 Å². The Morgan fingerprint density at radius 1 is 1.00 bits per heavy atom. The van der Waals surface area contributed by atoms with Crippen molar-refractivity contribution in [2.45, 2.75) is 38.6 Å². The number of fused-ring (bicyclic) bond motifs is 1. The molecule has 0 fully saturated rings. The molecule has 0 aliphatic rings. The van der Waals surface area contributed by atoms with Crippen LogP contribution in [0.2, 0.25) is 5.02 Å². The summed E-state index contributed by atoms with van der Waals surface area (Å²) in [6.45, 7) is 3.67. The molecule has 31 heavy (non-hydrogen) atoms. The number of rotatable bonds is 8. The quantitative estimate of drug-likeness (QED) is 0.439. The van der Waals surface area contributed by atoms with E-state index in [-0.39, 0.29) is 18.1 Å². The molecule has 3 aromatic rings.